The van der Waals surface area contributed by atoms with E-state index in [1.165, 1.54) is 6.07 Å². The number of carbonyl (C=O) groups excluding carboxylic acids is 2. The van der Waals surface area contributed by atoms with E-state index in [9.17, 15) is 22.8 Å². The number of alkyl halides is 2. The lowest BCUT2D eigenvalue weighted by Gasteiger charge is -2.40. The van der Waals surface area contributed by atoms with Gasteiger partial charge in [-0.2, -0.15) is 8.78 Å². The maximum Gasteiger partial charge on any atom is 0.410 e. The third kappa shape index (κ3) is 6.67. The molecule has 0 unspecified atom stereocenters. The molecule has 0 saturated carbocycles. The van der Waals surface area contributed by atoms with E-state index < -0.39 is 29.7 Å². The molecule has 3 atom stereocenters. The average molecular weight is 460 g/mol. The Labute approximate surface area is 186 Å². The predicted octanol–water partition coefficient (Wildman–Crippen LogP) is 4.91. The van der Waals surface area contributed by atoms with Crippen LogP contribution in [0.4, 0.5) is 23.7 Å². The van der Waals surface area contributed by atoms with Crippen molar-refractivity contribution in [3.8, 4) is 5.75 Å². The molecule has 0 aromatic heterocycles. The van der Waals surface area contributed by atoms with Gasteiger partial charge < -0.3 is 24.4 Å². The Balaban J connectivity index is 2.17. The number of amides is 1. The van der Waals surface area contributed by atoms with Gasteiger partial charge in [-0.15, -0.1) is 0 Å². The molecule has 1 saturated heterocycles. The molecule has 10 heteroatoms. The molecule has 1 aromatic carbocycles. The smallest absolute Gasteiger partial charge is 0.410 e. The van der Waals surface area contributed by atoms with Gasteiger partial charge in [0.2, 0.25) is 0 Å². The van der Waals surface area contributed by atoms with Crippen LogP contribution in [0, 0.1) is 17.7 Å². The van der Waals surface area contributed by atoms with Gasteiger partial charge in [0.05, 0.1) is 18.4 Å². The minimum absolute atomic E-state index is 0.0398. The Morgan fingerprint density at radius 1 is 1.25 bits per heavy atom. The third-order valence-electron chi connectivity index (χ3n) is 5.32. The fourth-order valence-electron chi connectivity index (χ4n) is 3.90. The van der Waals surface area contributed by atoms with Gasteiger partial charge in [-0.1, -0.05) is 6.92 Å². The number of carbonyl (C=O) groups is 2. The lowest BCUT2D eigenvalue weighted by Crippen LogP contribution is -2.48. The van der Waals surface area contributed by atoms with E-state index in [1.807, 2.05) is 13.8 Å². The molecule has 0 radical (unpaired) electrons. The Bertz CT molecular complexity index is 829. The minimum atomic E-state index is -3.24. The standard InChI is InChI=1S/C22H31F3N2O5/c1-12-11-27(21(29)32-22(3,4)5)8-7-15(12)13(2)26-17-10-14(19(28)30-6)9-16(23)18(17)31-20(24)25/h9-10,12-13,15,20,26H,7-8,11H2,1-6H3/t12-,13+,15+/m1/s1. The lowest BCUT2D eigenvalue weighted by atomic mass is 9.82. The maximum absolute atomic E-state index is 14.4. The molecular weight excluding hydrogens is 429 g/mol. The van der Waals surface area contributed by atoms with Crippen LogP contribution in [0.3, 0.4) is 0 Å². The van der Waals surface area contributed by atoms with Crippen LogP contribution in [0.5, 0.6) is 5.75 Å². The van der Waals surface area contributed by atoms with Crippen molar-refractivity contribution in [1.29, 1.82) is 0 Å². The van der Waals surface area contributed by atoms with E-state index in [-0.39, 0.29) is 35.2 Å². The number of benzene rings is 1. The second kappa shape index (κ2) is 10.3. The number of esters is 1. The highest BCUT2D eigenvalue weighted by Gasteiger charge is 2.34. The van der Waals surface area contributed by atoms with Crippen molar-refractivity contribution in [1.82, 2.24) is 4.90 Å². The Kier molecular flexibility index (Phi) is 8.25. The highest BCUT2D eigenvalue weighted by molar-refractivity contribution is 5.91. The van der Waals surface area contributed by atoms with Crippen LogP contribution in [0.25, 0.3) is 0 Å². The normalized spacial score (nSPS) is 20.0. The number of likely N-dealkylation sites (tertiary alicyclic amines) is 1. The molecule has 7 nitrogen and oxygen atoms in total. The quantitative estimate of drug-likeness (QED) is 0.608. The fourth-order valence-corrected chi connectivity index (χ4v) is 3.90. The van der Waals surface area contributed by atoms with Gasteiger partial charge >= 0.3 is 18.7 Å². The van der Waals surface area contributed by atoms with E-state index in [1.54, 1.807) is 25.7 Å². The first-order valence-corrected chi connectivity index (χ1v) is 10.4. The first-order valence-electron chi connectivity index (χ1n) is 10.4. The number of halogens is 3. The summed E-state index contributed by atoms with van der Waals surface area (Å²) in [5.74, 6) is -2.49. The molecule has 32 heavy (non-hydrogen) atoms. The number of rotatable bonds is 6. The van der Waals surface area contributed by atoms with Crippen LogP contribution in [0.2, 0.25) is 0 Å². The van der Waals surface area contributed by atoms with Gasteiger partial charge in [0.25, 0.3) is 0 Å². The van der Waals surface area contributed by atoms with Crippen molar-refractivity contribution in [3.05, 3.63) is 23.5 Å². The highest BCUT2D eigenvalue weighted by Crippen LogP contribution is 2.35. The zero-order valence-corrected chi connectivity index (χ0v) is 19.2. The fraction of sp³-hybridized carbons (Fsp3) is 0.636. The number of hydrogen-bond acceptors (Lipinski definition) is 6. The zero-order chi connectivity index (χ0) is 24.2. The molecule has 0 aliphatic carbocycles. The van der Waals surface area contributed by atoms with Gasteiger partial charge in [-0.25, -0.2) is 14.0 Å². The van der Waals surface area contributed by atoms with E-state index in [4.69, 9.17) is 4.74 Å². The SMILES string of the molecule is COC(=O)c1cc(F)c(OC(F)F)c(N[C@@H](C)[C@H]2CCN(C(=O)OC(C)(C)C)C[C@H]2C)c1. The number of nitrogens with one attached hydrogen (secondary N) is 1. The van der Waals surface area contributed by atoms with Crippen LogP contribution in [0.15, 0.2) is 12.1 Å². The molecule has 1 aromatic rings. The molecule has 0 bridgehead atoms. The number of nitrogens with zero attached hydrogens (tertiary/aromatic N) is 1. The minimum Gasteiger partial charge on any atom is -0.465 e. The Morgan fingerprint density at radius 2 is 1.91 bits per heavy atom. The molecule has 2 rings (SSSR count). The van der Waals surface area contributed by atoms with Gasteiger partial charge in [0.1, 0.15) is 5.60 Å². The lowest BCUT2D eigenvalue weighted by molar-refractivity contribution is -0.0517. The molecular formula is C22H31F3N2O5. The summed E-state index contributed by atoms with van der Waals surface area (Å²) in [6.07, 6.45) is 0.239. The summed E-state index contributed by atoms with van der Waals surface area (Å²) in [5, 5.41) is 3.02. The van der Waals surface area contributed by atoms with Crippen molar-refractivity contribution in [2.75, 3.05) is 25.5 Å². The number of piperidine rings is 1. The first-order chi connectivity index (χ1) is 14.8. The average Bonchev–Trinajstić information content (AvgIpc) is 2.67. The number of hydrogen-bond donors (Lipinski definition) is 1. The van der Waals surface area contributed by atoms with E-state index in [2.05, 4.69) is 14.8 Å². The Morgan fingerprint density at radius 3 is 2.44 bits per heavy atom. The number of methoxy groups -OCH3 is 1. The molecule has 1 fully saturated rings. The summed E-state index contributed by atoms with van der Waals surface area (Å²) in [6, 6.07) is 1.73. The highest BCUT2D eigenvalue weighted by atomic mass is 19.3. The number of anilines is 1. The molecule has 1 heterocycles. The summed E-state index contributed by atoms with van der Waals surface area (Å²) in [6.45, 7) is 6.89. The predicted molar refractivity (Wildman–Crippen MR) is 113 cm³/mol. The van der Waals surface area contributed by atoms with Crippen LogP contribution in [-0.2, 0) is 9.47 Å². The summed E-state index contributed by atoms with van der Waals surface area (Å²) in [7, 11) is 1.14. The monoisotopic (exact) mass is 460 g/mol. The van der Waals surface area contributed by atoms with Crippen molar-refractivity contribution in [3.63, 3.8) is 0 Å². The largest absolute Gasteiger partial charge is 0.465 e. The van der Waals surface area contributed by atoms with Crippen LogP contribution >= 0.6 is 0 Å². The summed E-state index contributed by atoms with van der Waals surface area (Å²) < 4.78 is 54.5. The molecule has 180 valence electrons. The molecule has 1 aliphatic rings. The summed E-state index contributed by atoms with van der Waals surface area (Å²) >= 11 is 0. The van der Waals surface area contributed by atoms with Crippen molar-refractivity contribution in [2.45, 2.75) is 59.3 Å². The molecule has 1 N–H and O–H groups in total. The summed E-state index contributed by atoms with van der Waals surface area (Å²) in [5.41, 5.74) is -0.795. The van der Waals surface area contributed by atoms with Gasteiger partial charge in [0.15, 0.2) is 11.6 Å². The summed E-state index contributed by atoms with van der Waals surface area (Å²) in [4.78, 5) is 25.8. The van der Waals surface area contributed by atoms with E-state index in [0.29, 0.717) is 19.5 Å². The van der Waals surface area contributed by atoms with Crippen molar-refractivity contribution < 1.29 is 37.0 Å². The second-order valence-electron chi connectivity index (χ2n) is 8.99. The van der Waals surface area contributed by atoms with E-state index >= 15 is 0 Å². The van der Waals surface area contributed by atoms with Crippen molar-refractivity contribution >= 4 is 17.7 Å². The Hall–Kier alpha value is -2.65. The zero-order valence-electron chi connectivity index (χ0n) is 19.2. The van der Waals surface area contributed by atoms with Gasteiger partial charge in [0, 0.05) is 19.1 Å². The van der Waals surface area contributed by atoms with Crippen molar-refractivity contribution in [2.24, 2.45) is 11.8 Å². The van der Waals surface area contributed by atoms with E-state index in [0.717, 1.165) is 13.2 Å². The van der Waals surface area contributed by atoms with Crippen LogP contribution < -0.4 is 10.1 Å². The van der Waals surface area contributed by atoms with Gasteiger partial charge in [-0.05, 0) is 58.1 Å². The van der Waals surface area contributed by atoms with Crippen LogP contribution in [0.1, 0.15) is 51.4 Å². The molecule has 0 spiro atoms. The third-order valence-corrected chi connectivity index (χ3v) is 5.32. The van der Waals surface area contributed by atoms with Gasteiger partial charge in [-0.3, -0.25) is 0 Å². The second-order valence-corrected chi connectivity index (χ2v) is 8.99. The molecule has 1 amide bonds. The molecule has 1 aliphatic heterocycles. The van der Waals surface area contributed by atoms with Crippen LogP contribution in [-0.4, -0.2) is 55.4 Å². The topological polar surface area (TPSA) is 77.1 Å². The first kappa shape index (κ1) is 25.6. The maximum atomic E-state index is 14.4. The number of ether oxygens (including phenoxy) is 3.